The zero-order valence-electron chi connectivity index (χ0n) is 10.9. The molecule has 0 heterocycles. The molecule has 0 aromatic heterocycles. The van der Waals surface area contributed by atoms with E-state index in [1.165, 1.54) is 14.2 Å². The van der Waals surface area contributed by atoms with Crippen molar-refractivity contribution in [1.29, 1.82) is 0 Å². The van der Waals surface area contributed by atoms with Gasteiger partial charge in [-0.05, 0) is 19.1 Å². The number of carbonyl (C=O) groups is 1. The number of phenolic OH excluding ortho intramolecular Hbond substituents is 1. The van der Waals surface area contributed by atoms with E-state index in [0.29, 0.717) is 23.3 Å². The van der Waals surface area contributed by atoms with Crippen LogP contribution in [0.25, 0.3) is 0 Å². The second-order valence-corrected chi connectivity index (χ2v) is 3.73. The van der Waals surface area contributed by atoms with Gasteiger partial charge in [-0.3, -0.25) is 0 Å². The van der Waals surface area contributed by atoms with E-state index in [2.05, 4.69) is 0 Å². The number of rotatable bonds is 6. The molecular weight excluding hydrogens is 236 g/mol. The van der Waals surface area contributed by atoms with Gasteiger partial charge >= 0.3 is 5.97 Å². The molecule has 0 spiro atoms. The van der Waals surface area contributed by atoms with Crippen molar-refractivity contribution in [3.63, 3.8) is 0 Å². The quantitative estimate of drug-likeness (QED) is 0.785. The van der Waals surface area contributed by atoms with Gasteiger partial charge in [-0.2, -0.15) is 0 Å². The van der Waals surface area contributed by atoms with Crippen molar-refractivity contribution in [2.75, 3.05) is 20.8 Å². The number of benzene rings is 1. The Balaban J connectivity index is 3.15. The molecule has 0 saturated heterocycles. The van der Waals surface area contributed by atoms with Crippen molar-refractivity contribution in [2.24, 2.45) is 0 Å². The van der Waals surface area contributed by atoms with Gasteiger partial charge in [0.1, 0.15) is 5.75 Å². The summed E-state index contributed by atoms with van der Waals surface area (Å²) in [6.45, 7) is 2.48. The third-order valence-corrected chi connectivity index (χ3v) is 2.38. The second-order valence-electron chi connectivity index (χ2n) is 3.73. The first-order chi connectivity index (χ1) is 8.63. The van der Waals surface area contributed by atoms with Crippen molar-refractivity contribution >= 4 is 5.97 Å². The molecule has 5 heteroatoms. The van der Waals surface area contributed by atoms with Crippen LogP contribution in [0, 0.1) is 0 Å². The van der Waals surface area contributed by atoms with Crippen LogP contribution in [0.15, 0.2) is 12.1 Å². The summed E-state index contributed by atoms with van der Waals surface area (Å²) in [5, 5.41) is 9.98. The number of esters is 1. The molecule has 0 aliphatic rings. The lowest BCUT2D eigenvalue weighted by atomic mass is 10.0. The maximum absolute atomic E-state index is 11.7. The van der Waals surface area contributed by atoms with E-state index < -0.39 is 5.97 Å². The molecule has 0 amide bonds. The SMILES string of the molecule is CCOC(=O)c1cc(COC)c(O)c(COC)c1. The van der Waals surface area contributed by atoms with E-state index in [1.807, 2.05) is 0 Å². The van der Waals surface area contributed by atoms with Crippen LogP contribution in [0.3, 0.4) is 0 Å². The summed E-state index contributed by atoms with van der Waals surface area (Å²) in [5.41, 5.74) is 1.46. The number of carbonyl (C=O) groups excluding carboxylic acids is 1. The average molecular weight is 254 g/mol. The summed E-state index contributed by atoms with van der Waals surface area (Å²) < 4.78 is 14.9. The molecule has 1 aromatic rings. The highest BCUT2D eigenvalue weighted by molar-refractivity contribution is 5.90. The molecule has 0 bridgehead atoms. The Bertz CT molecular complexity index is 387. The Labute approximate surface area is 106 Å². The van der Waals surface area contributed by atoms with Gasteiger partial charge in [0.2, 0.25) is 0 Å². The first-order valence-electron chi connectivity index (χ1n) is 5.63. The Kier molecular flexibility index (Phi) is 5.61. The monoisotopic (exact) mass is 254 g/mol. The maximum Gasteiger partial charge on any atom is 0.338 e. The van der Waals surface area contributed by atoms with Crippen LogP contribution < -0.4 is 0 Å². The van der Waals surface area contributed by atoms with Crippen LogP contribution in [-0.2, 0) is 27.4 Å². The van der Waals surface area contributed by atoms with Crippen LogP contribution >= 0.6 is 0 Å². The number of aromatic hydroxyl groups is 1. The van der Waals surface area contributed by atoms with E-state index in [1.54, 1.807) is 19.1 Å². The molecule has 1 N–H and O–H groups in total. The molecule has 5 nitrogen and oxygen atoms in total. The summed E-state index contributed by atoms with van der Waals surface area (Å²) in [6, 6.07) is 3.13. The second kappa shape index (κ2) is 6.98. The molecule has 0 atom stereocenters. The van der Waals surface area contributed by atoms with Crippen molar-refractivity contribution in [3.05, 3.63) is 28.8 Å². The topological polar surface area (TPSA) is 65.0 Å². The Hall–Kier alpha value is -1.59. The van der Waals surface area contributed by atoms with Gasteiger partial charge in [-0.1, -0.05) is 0 Å². The fraction of sp³-hybridized carbons (Fsp3) is 0.462. The summed E-state index contributed by atoms with van der Waals surface area (Å²) in [7, 11) is 3.04. The van der Waals surface area contributed by atoms with Gasteiger partial charge in [0, 0.05) is 25.3 Å². The molecule has 0 unspecified atom stereocenters. The van der Waals surface area contributed by atoms with Crippen LogP contribution in [0.4, 0.5) is 0 Å². The Morgan fingerprint density at radius 1 is 1.17 bits per heavy atom. The Morgan fingerprint density at radius 3 is 2.06 bits per heavy atom. The third kappa shape index (κ3) is 3.45. The first-order valence-corrected chi connectivity index (χ1v) is 5.63. The molecule has 0 aliphatic carbocycles. The van der Waals surface area contributed by atoms with Crippen molar-refractivity contribution in [2.45, 2.75) is 20.1 Å². The molecule has 0 fully saturated rings. The van der Waals surface area contributed by atoms with E-state index >= 15 is 0 Å². The minimum absolute atomic E-state index is 0.0896. The summed E-state index contributed by atoms with van der Waals surface area (Å²) in [4.78, 5) is 11.7. The van der Waals surface area contributed by atoms with Crippen molar-refractivity contribution in [1.82, 2.24) is 0 Å². The standard InChI is InChI=1S/C13H18O5/c1-4-18-13(15)9-5-10(7-16-2)12(14)11(6-9)8-17-3/h5-6,14H,4,7-8H2,1-3H3. The highest BCUT2D eigenvalue weighted by Crippen LogP contribution is 2.26. The van der Waals surface area contributed by atoms with E-state index in [0.717, 1.165) is 0 Å². The fourth-order valence-corrected chi connectivity index (χ4v) is 1.62. The van der Waals surface area contributed by atoms with Crippen molar-refractivity contribution < 1.29 is 24.1 Å². The summed E-state index contributed by atoms with van der Waals surface area (Å²) >= 11 is 0. The first kappa shape index (κ1) is 14.5. The van der Waals surface area contributed by atoms with Gasteiger partial charge in [0.05, 0.1) is 25.4 Å². The normalized spacial score (nSPS) is 10.4. The lowest BCUT2D eigenvalue weighted by Crippen LogP contribution is -2.07. The third-order valence-electron chi connectivity index (χ3n) is 2.38. The van der Waals surface area contributed by atoms with Crippen molar-refractivity contribution in [3.8, 4) is 5.75 Å². The average Bonchev–Trinajstić information content (AvgIpc) is 2.34. The molecule has 1 rings (SSSR count). The lowest BCUT2D eigenvalue weighted by molar-refractivity contribution is 0.0525. The zero-order chi connectivity index (χ0) is 13.5. The maximum atomic E-state index is 11.7. The summed E-state index contributed by atoms with van der Waals surface area (Å²) in [6.07, 6.45) is 0. The number of phenols is 1. The lowest BCUT2D eigenvalue weighted by Gasteiger charge is -2.11. The molecule has 100 valence electrons. The zero-order valence-corrected chi connectivity index (χ0v) is 10.9. The van der Waals surface area contributed by atoms with Gasteiger partial charge in [0.25, 0.3) is 0 Å². The van der Waals surface area contributed by atoms with Crippen LogP contribution in [0.5, 0.6) is 5.75 Å². The number of methoxy groups -OCH3 is 2. The summed E-state index contributed by atoms with van der Waals surface area (Å²) in [5.74, 6) is -0.334. The van der Waals surface area contributed by atoms with Crippen LogP contribution in [-0.4, -0.2) is 31.9 Å². The van der Waals surface area contributed by atoms with E-state index in [-0.39, 0.29) is 19.0 Å². The van der Waals surface area contributed by atoms with E-state index in [4.69, 9.17) is 14.2 Å². The predicted molar refractivity (Wildman–Crippen MR) is 65.5 cm³/mol. The molecule has 0 saturated carbocycles. The minimum Gasteiger partial charge on any atom is -0.507 e. The molecule has 1 aromatic carbocycles. The van der Waals surface area contributed by atoms with Gasteiger partial charge in [-0.25, -0.2) is 4.79 Å². The van der Waals surface area contributed by atoms with Gasteiger partial charge in [0.15, 0.2) is 0 Å². The molecule has 0 radical (unpaired) electrons. The fourth-order valence-electron chi connectivity index (χ4n) is 1.62. The smallest absolute Gasteiger partial charge is 0.338 e. The molecular formula is C13H18O5. The minimum atomic E-state index is -0.424. The molecule has 18 heavy (non-hydrogen) atoms. The number of hydrogen-bond acceptors (Lipinski definition) is 5. The number of hydrogen-bond donors (Lipinski definition) is 1. The Morgan fingerprint density at radius 2 is 1.67 bits per heavy atom. The van der Waals surface area contributed by atoms with E-state index in [9.17, 15) is 9.90 Å². The van der Waals surface area contributed by atoms with Gasteiger partial charge in [-0.15, -0.1) is 0 Å². The van der Waals surface area contributed by atoms with Gasteiger partial charge < -0.3 is 19.3 Å². The number of ether oxygens (including phenoxy) is 3. The van der Waals surface area contributed by atoms with Crippen LogP contribution in [0.2, 0.25) is 0 Å². The largest absolute Gasteiger partial charge is 0.507 e. The molecule has 0 aliphatic heterocycles. The predicted octanol–water partition coefficient (Wildman–Crippen LogP) is 1.86. The highest BCUT2D eigenvalue weighted by atomic mass is 16.5. The highest BCUT2D eigenvalue weighted by Gasteiger charge is 2.15. The van der Waals surface area contributed by atoms with Crippen LogP contribution in [0.1, 0.15) is 28.4 Å².